The summed E-state index contributed by atoms with van der Waals surface area (Å²) in [5, 5.41) is 0.557. The van der Waals surface area contributed by atoms with E-state index in [1.165, 1.54) is 0 Å². The minimum Gasteiger partial charge on any atom is -0.366 e. The number of rotatable bonds is 3. The number of nitrogens with two attached hydrogens (primary N) is 1. The van der Waals surface area contributed by atoms with Gasteiger partial charge in [0, 0.05) is 22.0 Å². The summed E-state index contributed by atoms with van der Waals surface area (Å²) in [6.45, 7) is 0. The van der Waals surface area contributed by atoms with Crippen LogP contribution in [0.4, 0.5) is 0 Å². The summed E-state index contributed by atoms with van der Waals surface area (Å²) in [5.74, 6) is -0.0691. The van der Waals surface area contributed by atoms with Crippen LogP contribution in [0.1, 0.15) is 15.9 Å². The van der Waals surface area contributed by atoms with E-state index in [4.69, 9.17) is 28.9 Å². The van der Waals surface area contributed by atoms with Gasteiger partial charge >= 0.3 is 0 Å². The second kappa shape index (κ2) is 5.42. The van der Waals surface area contributed by atoms with Crippen molar-refractivity contribution in [2.45, 2.75) is 5.88 Å². The number of amides is 1. The van der Waals surface area contributed by atoms with Gasteiger partial charge in [0.1, 0.15) is 0 Å². The van der Waals surface area contributed by atoms with E-state index in [1.54, 1.807) is 18.2 Å². The highest BCUT2D eigenvalue weighted by Gasteiger charge is 2.12. The number of hydrogen-bond donors (Lipinski definition) is 1. The first kappa shape index (κ1) is 12.9. The number of primary amides is 1. The number of alkyl halides is 1. The second-order valence-electron chi connectivity index (χ2n) is 3.86. The Balaban J connectivity index is 2.59. The molecule has 0 radical (unpaired) electrons. The van der Waals surface area contributed by atoms with Crippen molar-refractivity contribution in [3.8, 4) is 11.1 Å². The van der Waals surface area contributed by atoms with Crippen LogP contribution in [-0.2, 0) is 5.88 Å². The van der Waals surface area contributed by atoms with Crippen LogP contribution in [0.5, 0.6) is 0 Å². The Morgan fingerprint density at radius 3 is 2.44 bits per heavy atom. The molecule has 0 saturated heterocycles. The summed E-state index contributed by atoms with van der Waals surface area (Å²) < 4.78 is 0. The second-order valence-corrected chi connectivity index (χ2v) is 4.53. The molecular formula is C14H11Cl2NO. The zero-order chi connectivity index (χ0) is 13.1. The Bertz CT molecular complexity index is 596. The van der Waals surface area contributed by atoms with E-state index in [0.29, 0.717) is 16.5 Å². The maximum atomic E-state index is 11.4. The number of carbonyl (C=O) groups excluding carboxylic acids is 1. The fourth-order valence-electron chi connectivity index (χ4n) is 1.79. The summed E-state index contributed by atoms with van der Waals surface area (Å²) in [7, 11) is 0. The van der Waals surface area contributed by atoms with Crippen LogP contribution >= 0.6 is 23.2 Å². The number of halogens is 2. The van der Waals surface area contributed by atoms with Gasteiger partial charge in [-0.2, -0.15) is 0 Å². The lowest BCUT2D eigenvalue weighted by Gasteiger charge is -2.09. The van der Waals surface area contributed by atoms with Gasteiger partial charge in [-0.05, 0) is 23.3 Å². The predicted octanol–water partition coefficient (Wildman–Crippen LogP) is 3.84. The minimum atomic E-state index is -0.469. The van der Waals surface area contributed by atoms with Crippen LogP contribution in [0.25, 0.3) is 11.1 Å². The van der Waals surface area contributed by atoms with E-state index < -0.39 is 5.91 Å². The Morgan fingerprint density at radius 2 is 1.83 bits per heavy atom. The first-order valence-corrected chi connectivity index (χ1v) is 6.28. The average Bonchev–Trinajstić information content (AvgIpc) is 2.38. The van der Waals surface area contributed by atoms with Gasteiger partial charge in [-0.3, -0.25) is 4.79 Å². The lowest BCUT2D eigenvalue weighted by atomic mass is 9.98. The van der Waals surface area contributed by atoms with E-state index in [0.717, 1.165) is 16.7 Å². The molecule has 0 unspecified atom stereocenters. The molecule has 2 rings (SSSR count). The van der Waals surface area contributed by atoms with Gasteiger partial charge in [-0.15, -0.1) is 11.6 Å². The summed E-state index contributed by atoms with van der Waals surface area (Å²) in [6.07, 6.45) is 0. The van der Waals surface area contributed by atoms with Crippen LogP contribution in [0.15, 0.2) is 42.5 Å². The molecule has 2 N–H and O–H groups in total. The molecule has 0 saturated carbocycles. The van der Waals surface area contributed by atoms with Gasteiger partial charge in [0.2, 0.25) is 5.91 Å². The predicted molar refractivity (Wildman–Crippen MR) is 75.0 cm³/mol. The van der Waals surface area contributed by atoms with E-state index >= 15 is 0 Å². The highest BCUT2D eigenvalue weighted by molar-refractivity contribution is 6.33. The molecule has 0 aliphatic heterocycles. The molecule has 2 aromatic rings. The normalized spacial score (nSPS) is 10.3. The summed E-state index contributed by atoms with van der Waals surface area (Å²) >= 11 is 12.0. The van der Waals surface area contributed by atoms with Crippen LogP contribution in [-0.4, -0.2) is 5.91 Å². The number of benzene rings is 2. The standard InChI is InChI=1S/C14H11Cl2NO/c15-8-9-5-6-11(13(16)7-9)10-3-1-2-4-12(10)14(17)18/h1-7H,8H2,(H2,17,18). The van der Waals surface area contributed by atoms with Crippen LogP contribution < -0.4 is 5.73 Å². The van der Waals surface area contributed by atoms with Crippen molar-refractivity contribution in [2.75, 3.05) is 0 Å². The fraction of sp³-hybridized carbons (Fsp3) is 0.0714. The first-order chi connectivity index (χ1) is 8.63. The molecule has 92 valence electrons. The van der Waals surface area contributed by atoms with Crippen molar-refractivity contribution in [2.24, 2.45) is 5.73 Å². The molecule has 0 bridgehead atoms. The number of carbonyl (C=O) groups is 1. The Kier molecular flexibility index (Phi) is 3.90. The van der Waals surface area contributed by atoms with Gasteiger partial charge in [0.05, 0.1) is 0 Å². The zero-order valence-corrected chi connectivity index (χ0v) is 11.0. The molecular weight excluding hydrogens is 269 g/mol. The van der Waals surface area contributed by atoms with Crippen molar-refractivity contribution < 1.29 is 4.79 Å². The highest BCUT2D eigenvalue weighted by atomic mass is 35.5. The summed E-state index contributed by atoms with van der Waals surface area (Å²) in [5.41, 5.74) is 8.25. The lowest BCUT2D eigenvalue weighted by molar-refractivity contribution is 0.100. The molecule has 0 aliphatic carbocycles. The molecule has 0 atom stereocenters. The molecule has 0 heterocycles. The third kappa shape index (κ3) is 2.50. The number of hydrogen-bond acceptors (Lipinski definition) is 1. The van der Waals surface area contributed by atoms with Crippen LogP contribution in [0.2, 0.25) is 5.02 Å². The zero-order valence-electron chi connectivity index (χ0n) is 9.49. The third-order valence-corrected chi connectivity index (χ3v) is 3.29. The molecule has 4 heteroatoms. The minimum absolute atomic E-state index is 0.400. The van der Waals surface area contributed by atoms with Crippen molar-refractivity contribution in [1.29, 1.82) is 0 Å². The topological polar surface area (TPSA) is 43.1 Å². The Hall–Kier alpha value is -1.51. The third-order valence-electron chi connectivity index (χ3n) is 2.67. The van der Waals surface area contributed by atoms with Gasteiger partial charge < -0.3 is 5.73 Å². The molecule has 2 aromatic carbocycles. The fourth-order valence-corrected chi connectivity index (χ4v) is 2.26. The monoisotopic (exact) mass is 279 g/mol. The van der Waals surface area contributed by atoms with Gasteiger partial charge in [0.25, 0.3) is 0 Å². The molecule has 0 aromatic heterocycles. The van der Waals surface area contributed by atoms with Crippen molar-refractivity contribution in [3.63, 3.8) is 0 Å². The van der Waals surface area contributed by atoms with E-state index in [-0.39, 0.29) is 0 Å². The van der Waals surface area contributed by atoms with Crippen LogP contribution in [0, 0.1) is 0 Å². The molecule has 1 amide bonds. The molecule has 2 nitrogen and oxygen atoms in total. The average molecular weight is 280 g/mol. The maximum absolute atomic E-state index is 11.4. The summed E-state index contributed by atoms with van der Waals surface area (Å²) in [6, 6.07) is 12.6. The molecule has 0 spiro atoms. The SMILES string of the molecule is NC(=O)c1ccccc1-c1ccc(CCl)cc1Cl. The van der Waals surface area contributed by atoms with Gasteiger partial charge in [0.15, 0.2) is 0 Å². The van der Waals surface area contributed by atoms with Crippen molar-refractivity contribution in [1.82, 2.24) is 0 Å². The van der Waals surface area contributed by atoms with E-state index in [2.05, 4.69) is 0 Å². The van der Waals surface area contributed by atoms with Gasteiger partial charge in [-0.1, -0.05) is 41.9 Å². The molecule has 0 fully saturated rings. The Morgan fingerprint density at radius 1 is 1.11 bits per heavy atom. The van der Waals surface area contributed by atoms with Crippen molar-refractivity contribution in [3.05, 3.63) is 58.6 Å². The maximum Gasteiger partial charge on any atom is 0.249 e. The largest absolute Gasteiger partial charge is 0.366 e. The molecule has 0 aliphatic rings. The van der Waals surface area contributed by atoms with Crippen molar-refractivity contribution >= 4 is 29.1 Å². The first-order valence-electron chi connectivity index (χ1n) is 5.37. The molecule has 18 heavy (non-hydrogen) atoms. The smallest absolute Gasteiger partial charge is 0.249 e. The van der Waals surface area contributed by atoms with E-state index in [9.17, 15) is 4.79 Å². The van der Waals surface area contributed by atoms with Gasteiger partial charge in [-0.25, -0.2) is 0 Å². The van der Waals surface area contributed by atoms with Crippen LogP contribution in [0.3, 0.4) is 0 Å². The highest BCUT2D eigenvalue weighted by Crippen LogP contribution is 2.31. The summed E-state index contributed by atoms with van der Waals surface area (Å²) in [4.78, 5) is 11.4. The van der Waals surface area contributed by atoms with E-state index in [1.807, 2.05) is 24.3 Å². The Labute approximate surface area is 115 Å². The quantitative estimate of drug-likeness (QED) is 0.853. The lowest BCUT2D eigenvalue weighted by Crippen LogP contribution is -2.12.